The summed E-state index contributed by atoms with van der Waals surface area (Å²) in [5.74, 6) is 1.94. The Kier molecular flexibility index (Phi) is 2.85. The molecule has 0 amide bonds. The summed E-state index contributed by atoms with van der Waals surface area (Å²) in [5, 5.41) is 0. The van der Waals surface area contributed by atoms with Crippen molar-refractivity contribution in [3.05, 3.63) is 65.0 Å². The van der Waals surface area contributed by atoms with Crippen molar-refractivity contribution in [2.75, 3.05) is 0 Å². The zero-order valence-corrected chi connectivity index (χ0v) is 12.6. The Morgan fingerprint density at radius 2 is 1.90 bits per heavy atom. The molecule has 0 bridgehead atoms. The number of nitrogens with zero attached hydrogens (tertiary/aromatic N) is 2. The average molecular weight is 276 g/mol. The fourth-order valence-corrected chi connectivity index (χ4v) is 3.05. The Hall–Kier alpha value is -2.09. The Labute approximate surface area is 125 Å². The minimum absolute atomic E-state index is 0.669. The van der Waals surface area contributed by atoms with Crippen LogP contribution in [0.15, 0.2) is 42.5 Å². The van der Waals surface area contributed by atoms with Crippen molar-refractivity contribution in [3.63, 3.8) is 0 Å². The second-order valence-electron chi connectivity index (χ2n) is 6.25. The van der Waals surface area contributed by atoms with Crippen LogP contribution in [0.2, 0.25) is 0 Å². The van der Waals surface area contributed by atoms with Gasteiger partial charge in [-0.1, -0.05) is 35.9 Å². The molecule has 1 saturated carbocycles. The number of hydrogen-bond donors (Lipinski definition) is 0. The normalized spacial score (nSPS) is 14.8. The van der Waals surface area contributed by atoms with Crippen LogP contribution in [0.25, 0.3) is 11.0 Å². The smallest absolute Gasteiger partial charge is 0.113 e. The molecule has 0 saturated heterocycles. The molecule has 1 aliphatic carbocycles. The van der Waals surface area contributed by atoms with Gasteiger partial charge in [-0.25, -0.2) is 4.98 Å². The van der Waals surface area contributed by atoms with Crippen molar-refractivity contribution < 1.29 is 0 Å². The second-order valence-corrected chi connectivity index (χ2v) is 6.25. The van der Waals surface area contributed by atoms with Crippen LogP contribution in [0.3, 0.4) is 0 Å². The van der Waals surface area contributed by atoms with E-state index < -0.39 is 0 Å². The third kappa shape index (κ3) is 2.25. The van der Waals surface area contributed by atoms with Gasteiger partial charge in [-0.3, -0.25) is 0 Å². The lowest BCUT2D eigenvalue weighted by atomic mass is 10.1. The molecule has 0 spiro atoms. The van der Waals surface area contributed by atoms with E-state index in [1.165, 1.54) is 40.9 Å². The minimum atomic E-state index is 0.669. The molecule has 0 N–H and O–H groups in total. The molecule has 1 aromatic heterocycles. The van der Waals surface area contributed by atoms with Crippen molar-refractivity contribution in [1.29, 1.82) is 0 Å². The molecule has 1 fully saturated rings. The van der Waals surface area contributed by atoms with Gasteiger partial charge in [-0.05, 0) is 49.9 Å². The third-order valence-electron chi connectivity index (χ3n) is 4.46. The molecule has 21 heavy (non-hydrogen) atoms. The van der Waals surface area contributed by atoms with Gasteiger partial charge in [-0.15, -0.1) is 0 Å². The molecule has 2 aromatic carbocycles. The van der Waals surface area contributed by atoms with Crippen LogP contribution in [-0.4, -0.2) is 9.55 Å². The van der Waals surface area contributed by atoms with E-state index in [1.54, 1.807) is 0 Å². The first kappa shape index (κ1) is 12.6. The maximum absolute atomic E-state index is 4.89. The molecule has 0 radical (unpaired) electrons. The first-order chi connectivity index (χ1) is 10.2. The molecule has 1 heterocycles. The molecule has 0 unspecified atom stereocenters. The fraction of sp³-hybridized carbons (Fsp3) is 0.316. The highest BCUT2D eigenvalue weighted by Crippen LogP contribution is 2.41. The van der Waals surface area contributed by atoms with E-state index in [2.05, 4.69) is 60.9 Å². The van der Waals surface area contributed by atoms with E-state index in [-0.39, 0.29) is 0 Å². The van der Waals surface area contributed by atoms with Crippen LogP contribution in [0.5, 0.6) is 0 Å². The standard InChI is InChI=1S/C19H20N2/c1-13-7-8-14(2)16(11-13)12-21-18-6-4-3-5-17(18)20-19(21)15-9-10-15/h3-8,11,15H,9-10,12H2,1-2H3. The monoisotopic (exact) mass is 276 g/mol. The Morgan fingerprint density at radius 3 is 2.71 bits per heavy atom. The van der Waals surface area contributed by atoms with Gasteiger partial charge in [0, 0.05) is 12.5 Å². The summed E-state index contributed by atoms with van der Waals surface area (Å²) in [6.45, 7) is 5.29. The first-order valence-corrected chi connectivity index (χ1v) is 7.73. The highest BCUT2D eigenvalue weighted by molar-refractivity contribution is 5.76. The summed E-state index contributed by atoms with van der Waals surface area (Å²) in [5.41, 5.74) is 6.48. The number of benzene rings is 2. The average Bonchev–Trinajstić information content (AvgIpc) is 3.26. The molecule has 1 aliphatic rings. The number of aryl methyl sites for hydroxylation is 2. The van der Waals surface area contributed by atoms with Gasteiger partial charge in [0.2, 0.25) is 0 Å². The van der Waals surface area contributed by atoms with Gasteiger partial charge in [0.25, 0.3) is 0 Å². The number of hydrogen-bond acceptors (Lipinski definition) is 1. The summed E-state index contributed by atoms with van der Waals surface area (Å²) in [7, 11) is 0. The van der Waals surface area contributed by atoms with Crippen LogP contribution in [0.1, 0.15) is 41.3 Å². The summed E-state index contributed by atoms with van der Waals surface area (Å²) in [6, 6.07) is 15.2. The largest absolute Gasteiger partial charge is 0.323 e. The maximum atomic E-state index is 4.89. The predicted molar refractivity (Wildman–Crippen MR) is 86.7 cm³/mol. The summed E-state index contributed by atoms with van der Waals surface area (Å²) >= 11 is 0. The Bertz CT molecular complexity index is 810. The van der Waals surface area contributed by atoms with Crippen LogP contribution >= 0.6 is 0 Å². The van der Waals surface area contributed by atoms with E-state index in [0.29, 0.717) is 5.92 Å². The molecule has 0 atom stereocenters. The Balaban J connectivity index is 1.85. The number of rotatable bonds is 3. The zero-order chi connectivity index (χ0) is 14.4. The molecule has 2 heteroatoms. The quantitative estimate of drug-likeness (QED) is 0.684. The molecule has 4 rings (SSSR count). The van der Waals surface area contributed by atoms with Gasteiger partial charge in [0.05, 0.1) is 11.0 Å². The summed E-state index contributed by atoms with van der Waals surface area (Å²) in [6.07, 6.45) is 2.58. The van der Waals surface area contributed by atoms with Gasteiger partial charge < -0.3 is 4.57 Å². The molecule has 2 nitrogen and oxygen atoms in total. The highest BCUT2D eigenvalue weighted by atomic mass is 15.1. The van der Waals surface area contributed by atoms with Crippen molar-refractivity contribution in [3.8, 4) is 0 Å². The molecular weight excluding hydrogens is 256 g/mol. The van der Waals surface area contributed by atoms with Crippen molar-refractivity contribution in [1.82, 2.24) is 9.55 Å². The van der Waals surface area contributed by atoms with E-state index in [9.17, 15) is 0 Å². The number of para-hydroxylation sites is 2. The van der Waals surface area contributed by atoms with E-state index >= 15 is 0 Å². The van der Waals surface area contributed by atoms with Gasteiger partial charge in [0.15, 0.2) is 0 Å². The molecule has 106 valence electrons. The SMILES string of the molecule is Cc1ccc(C)c(Cn2c(C3CC3)nc3ccccc32)c1. The lowest BCUT2D eigenvalue weighted by molar-refractivity contribution is 0.743. The highest BCUT2D eigenvalue weighted by Gasteiger charge is 2.29. The van der Waals surface area contributed by atoms with E-state index in [1.807, 2.05) is 0 Å². The van der Waals surface area contributed by atoms with Gasteiger partial charge in [0.1, 0.15) is 5.82 Å². The molecule has 3 aromatic rings. The van der Waals surface area contributed by atoms with Crippen LogP contribution in [0.4, 0.5) is 0 Å². The third-order valence-corrected chi connectivity index (χ3v) is 4.46. The fourth-order valence-electron chi connectivity index (χ4n) is 3.05. The maximum Gasteiger partial charge on any atom is 0.113 e. The first-order valence-electron chi connectivity index (χ1n) is 7.73. The van der Waals surface area contributed by atoms with Crippen LogP contribution < -0.4 is 0 Å². The van der Waals surface area contributed by atoms with Crippen LogP contribution in [0, 0.1) is 13.8 Å². The number of imidazole rings is 1. The van der Waals surface area contributed by atoms with Crippen molar-refractivity contribution in [2.24, 2.45) is 0 Å². The lowest BCUT2D eigenvalue weighted by Gasteiger charge is -2.12. The lowest BCUT2D eigenvalue weighted by Crippen LogP contribution is -2.06. The second kappa shape index (κ2) is 4.73. The zero-order valence-electron chi connectivity index (χ0n) is 12.6. The number of aromatic nitrogens is 2. The molecular formula is C19H20N2. The topological polar surface area (TPSA) is 17.8 Å². The number of fused-ring (bicyclic) bond motifs is 1. The van der Waals surface area contributed by atoms with Crippen LogP contribution in [-0.2, 0) is 6.54 Å². The molecule has 0 aliphatic heterocycles. The predicted octanol–water partition coefficient (Wildman–Crippen LogP) is 4.58. The summed E-state index contributed by atoms with van der Waals surface area (Å²) < 4.78 is 2.43. The van der Waals surface area contributed by atoms with Gasteiger partial charge in [-0.2, -0.15) is 0 Å². The van der Waals surface area contributed by atoms with Crippen molar-refractivity contribution in [2.45, 2.75) is 39.2 Å². The Morgan fingerprint density at radius 1 is 1.10 bits per heavy atom. The minimum Gasteiger partial charge on any atom is -0.323 e. The summed E-state index contributed by atoms with van der Waals surface area (Å²) in [4.78, 5) is 4.89. The van der Waals surface area contributed by atoms with E-state index in [4.69, 9.17) is 4.98 Å². The van der Waals surface area contributed by atoms with Gasteiger partial charge >= 0.3 is 0 Å². The van der Waals surface area contributed by atoms with Crippen molar-refractivity contribution >= 4 is 11.0 Å². The van der Waals surface area contributed by atoms with E-state index in [0.717, 1.165) is 12.1 Å².